The first-order valence-electron chi connectivity index (χ1n) is 9.13. The fourth-order valence-corrected chi connectivity index (χ4v) is 3.31. The molecule has 0 aliphatic carbocycles. The molecule has 1 N–H and O–H groups in total. The number of carbonyl (C=O) groups excluding carboxylic acids is 1. The number of nitrogens with zero attached hydrogens (tertiary/aromatic N) is 5. The Labute approximate surface area is 172 Å². The molecule has 1 amide bonds. The zero-order valence-electron chi connectivity index (χ0n) is 15.8. The number of fused-ring (bicyclic) bond motifs is 1. The number of benzene rings is 1. The van der Waals surface area contributed by atoms with E-state index in [-0.39, 0.29) is 12.5 Å². The molecule has 0 saturated carbocycles. The highest BCUT2D eigenvalue weighted by Crippen LogP contribution is 2.22. The van der Waals surface area contributed by atoms with Crippen LogP contribution in [0.4, 0.5) is 0 Å². The molecule has 0 atom stereocenters. The zero-order chi connectivity index (χ0) is 20.2. The highest BCUT2D eigenvalue weighted by molar-refractivity contribution is 6.31. The first-order chi connectivity index (χ1) is 14.1. The number of hydrogen-bond donors (Lipinski definition) is 1. The van der Waals surface area contributed by atoms with Crippen LogP contribution in [-0.4, -0.2) is 30.3 Å². The van der Waals surface area contributed by atoms with Crippen molar-refractivity contribution < 1.29 is 4.79 Å². The molecule has 0 radical (unpaired) electrons. The van der Waals surface area contributed by atoms with Crippen LogP contribution in [0, 0.1) is 6.92 Å². The Balaban J connectivity index is 1.42. The Bertz CT molecular complexity index is 1180. The second-order valence-electron chi connectivity index (χ2n) is 6.53. The highest BCUT2D eigenvalue weighted by atomic mass is 35.5. The number of hydrogen-bond acceptors (Lipinski definition) is 4. The normalized spacial score (nSPS) is 11.4. The molecule has 0 spiro atoms. The van der Waals surface area contributed by atoms with E-state index in [4.69, 9.17) is 11.6 Å². The number of carbonyl (C=O) groups is 1. The summed E-state index contributed by atoms with van der Waals surface area (Å²) in [4.78, 5) is 12.2. The highest BCUT2D eigenvalue weighted by Gasteiger charge is 2.12. The van der Waals surface area contributed by atoms with Crippen LogP contribution in [-0.2, 0) is 17.9 Å². The van der Waals surface area contributed by atoms with E-state index in [1.807, 2.05) is 66.1 Å². The van der Waals surface area contributed by atoms with Crippen LogP contribution in [0.3, 0.4) is 0 Å². The van der Waals surface area contributed by atoms with Gasteiger partial charge in [0, 0.05) is 17.8 Å². The van der Waals surface area contributed by atoms with E-state index >= 15 is 0 Å². The van der Waals surface area contributed by atoms with E-state index in [9.17, 15) is 4.79 Å². The standard InChI is InChI=1S/C21H19ClN6O/c1-15-17(21(22)28(26-15)14-16-7-3-2-4-8-16)10-11-20(29)23-13-19-25-24-18-9-5-6-12-27(18)19/h2-12H,13-14H2,1H3,(H,23,29)/b11-10+. The molecule has 1 aromatic carbocycles. The predicted molar refractivity (Wildman–Crippen MR) is 111 cm³/mol. The summed E-state index contributed by atoms with van der Waals surface area (Å²) in [7, 11) is 0. The first-order valence-corrected chi connectivity index (χ1v) is 9.51. The quantitative estimate of drug-likeness (QED) is 0.498. The van der Waals surface area contributed by atoms with Crippen LogP contribution in [0.1, 0.15) is 22.6 Å². The van der Waals surface area contributed by atoms with Gasteiger partial charge < -0.3 is 5.32 Å². The molecular weight excluding hydrogens is 388 g/mol. The van der Waals surface area contributed by atoms with Gasteiger partial charge in [0.05, 0.1) is 18.8 Å². The second-order valence-corrected chi connectivity index (χ2v) is 6.89. The maximum absolute atomic E-state index is 12.2. The number of pyridine rings is 1. The molecule has 29 heavy (non-hydrogen) atoms. The molecular formula is C21H19ClN6O. The van der Waals surface area contributed by atoms with Gasteiger partial charge in [0.2, 0.25) is 5.91 Å². The number of aryl methyl sites for hydroxylation is 1. The maximum atomic E-state index is 12.2. The Morgan fingerprint density at radius 2 is 1.93 bits per heavy atom. The van der Waals surface area contributed by atoms with E-state index in [1.165, 1.54) is 6.08 Å². The van der Waals surface area contributed by atoms with Gasteiger partial charge in [-0.2, -0.15) is 5.10 Å². The van der Waals surface area contributed by atoms with E-state index in [2.05, 4.69) is 20.6 Å². The van der Waals surface area contributed by atoms with Crippen LogP contribution in [0.5, 0.6) is 0 Å². The first kappa shape index (κ1) is 18.9. The molecule has 0 aliphatic heterocycles. The number of rotatable bonds is 6. The van der Waals surface area contributed by atoms with Crippen LogP contribution in [0.25, 0.3) is 11.7 Å². The van der Waals surface area contributed by atoms with Gasteiger partial charge in [0.1, 0.15) is 5.15 Å². The average molecular weight is 407 g/mol. The third-order valence-corrected chi connectivity index (χ3v) is 4.89. The lowest BCUT2D eigenvalue weighted by atomic mass is 10.2. The van der Waals surface area contributed by atoms with E-state index in [0.717, 1.165) is 22.5 Å². The van der Waals surface area contributed by atoms with E-state index in [1.54, 1.807) is 10.8 Å². The van der Waals surface area contributed by atoms with Crippen molar-refractivity contribution >= 4 is 29.2 Å². The predicted octanol–water partition coefficient (Wildman–Crippen LogP) is 3.27. The average Bonchev–Trinajstić information content (AvgIpc) is 3.26. The summed E-state index contributed by atoms with van der Waals surface area (Å²) in [6, 6.07) is 15.6. The second kappa shape index (κ2) is 8.28. The molecule has 0 saturated heterocycles. The molecule has 0 unspecified atom stereocenters. The van der Waals surface area contributed by atoms with Crippen molar-refractivity contribution in [3.8, 4) is 0 Å². The lowest BCUT2D eigenvalue weighted by Gasteiger charge is -2.03. The fourth-order valence-electron chi connectivity index (χ4n) is 3.01. The van der Waals surface area contributed by atoms with Gasteiger partial charge in [-0.25, -0.2) is 4.68 Å². The Morgan fingerprint density at radius 3 is 2.76 bits per heavy atom. The maximum Gasteiger partial charge on any atom is 0.244 e. The molecule has 0 fully saturated rings. The summed E-state index contributed by atoms with van der Waals surface area (Å²) < 4.78 is 3.56. The smallest absolute Gasteiger partial charge is 0.244 e. The van der Waals surface area contributed by atoms with Gasteiger partial charge in [-0.3, -0.25) is 9.20 Å². The van der Waals surface area contributed by atoms with Crippen LogP contribution in [0.2, 0.25) is 5.15 Å². The number of halogens is 1. The van der Waals surface area contributed by atoms with Gasteiger partial charge in [-0.05, 0) is 30.7 Å². The van der Waals surface area contributed by atoms with E-state index in [0.29, 0.717) is 17.5 Å². The molecule has 3 heterocycles. The van der Waals surface area contributed by atoms with Crippen molar-refractivity contribution in [3.05, 3.63) is 88.6 Å². The molecule has 8 heteroatoms. The van der Waals surface area contributed by atoms with Gasteiger partial charge in [0.15, 0.2) is 11.5 Å². The summed E-state index contributed by atoms with van der Waals surface area (Å²) in [5.41, 5.74) is 3.33. The molecule has 7 nitrogen and oxygen atoms in total. The van der Waals surface area contributed by atoms with Gasteiger partial charge in [0.25, 0.3) is 0 Å². The monoisotopic (exact) mass is 406 g/mol. The molecule has 0 aliphatic rings. The largest absolute Gasteiger partial charge is 0.345 e. The van der Waals surface area contributed by atoms with Crippen molar-refractivity contribution in [2.24, 2.45) is 0 Å². The lowest BCUT2D eigenvalue weighted by molar-refractivity contribution is -0.116. The molecule has 0 bridgehead atoms. The summed E-state index contributed by atoms with van der Waals surface area (Å²) in [5.74, 6) is 0.413. The minimum Gasteiger partial charge on any atom is -0.345 e. The van der Waals surface area contributed by atoms with Crippen LogP contribution >= 0.6 is 11.6 Å². The van der Waals surface area contributed by atoms with E-state index < -0.39 is 0 Å². The van der Waals surface area contributed by atoms with Crippen molar-refractivity contribution in [2.45, 2.75) is 20.0 Å². The SMILES string of the molecule is Cc1nn(Cc2ccccc2)c(Cl)c1/C=C/C(=O)NCc1nnc2ccccn12. The van der Waals surface area contributed by atoms with Gasteiger partial charge in [-0.15, -0.1) is 10.2 Å². The third-order valence-electron chi connectivity index (χ3n) is 4.49. The zero-order valence-corrected chi connectivity index (χ0v) is 16.5. The Kier molecular flexibility index (Phi) is 5.39. The summed E-state index contributed by atoms with van der Waals surface area (Å²) >= 11 is 6.48. The van der Waals surface area contributed by atoms with Gasteiger partial charge >= 0.3 is 0 Å². The molecule has 4 rings (SSSR count). The Morgan fingerprint density at radius 1 is 1.14 bits per heavy atom. The van der Waals surface area contributed by atoms with Gasteiger partial charge in [-0.1, -0.05) is 48.0 Å². The lowest BCUT2D eigenvalue weighted by Crippen LogP contribution is -2.21. The Hall–Kier alpha value is -3.45. The van der Waals surface area contributed by atoms with Crippen LogP contribution in [0.15, 0.2) is 60.8 Å². The molecule has 146 valence electrons. The number of nitrogens with one attached hydrogen (secondary N) is 1. The summed E-state index contributed by atoms with van der Waals surface area (Å²) in [5, 5.41) is 16.0. The third kappa shape index (κ3) is 4.20. The minimum absolute atomic E-state index is 0.246. The number of aromatic nitrogens is 5. The summed E-state index contributed by atoms with van der Waals surface area (Å²) in [6.45, 7) is 2.71. The fraction of sp³-hybridized carbons (Fsp3) is 0.143. The van der Waals surface area contributed by atoms with Crippen molar-refractivity contribution in [3.63, 3.8) is 0 Å². The van der Waals surface area contributed by atoms with Crippen molar-refractivity contribution in [1.82, 2.24) is 29.7 Å². The summed E-state index contributed by atoms with van der Waals surface area (Å²) in [6.07, 6.45) is 4.99. The number of amides is 1. The topological polar surface area (TPSA) is 77.1 Å². The molecule has 3 aromatic heterocycles. The van der Waals surface area contributed by atoms with Crippen molar-refractivity contribution in [1.29, 1.82) is 0 Å². The minimum atomic E-state index is -0.246. The van der Waals surface area contributed by atoms with Crippen molar-refractivity contribution in [2.75, 3.05) is 0 Å². The molecule has 4 aromatic rings. The van der Waals surface area contributed by atoms with Crippen LogP contribution < -0.4 is 5.32 Å².